The van der Waals surface area contributed by atoms with Gasteiger partial charge in [0.15, 0.2) is 0 Å². The van der Waals surface area contributed by atoms with Crippen molar-refractivity contribution in [1.82, 2.24) is 9.88 Å². The summed E-state index contributed by atoms with van der Waals surface area (Å²) in [5, 5.41) is 0. The van der Waals surface area contributed by atoms with E-state index in [1.54, 1.807) is 12.3 Å². The van der Waals surface area contributed by atoms with Gasteiger partial charge < -0.3 is 14.5 Å². The van der Waals surface area contributed by atoms with E-state index in [-0.39, 0.29) is 5.75 Å². The third kappa shape index (κ3) is 4.42. The number of halogens is 3. The molecule has 0 saturated carbocycles. The second-order valence-electron chi connectivity index (χ2n) is 6.33. The predicted molar refractivity (Wildman–Crippen MR) is 90.7 cm³/mol. The van der Waals surface area contributed by atoms with E-state index in [9.17, 15) is 13.2 Å². The van der Waals surface area contributed by atoms with E-state index in [1.807, 2.05) is 12.1 Å². The molecular formula is C18H20F3N3O. The second-order valence-corrected chi connectivity index (χ2v) is 6.33. The lowest BCUT2D eigenvalue weighted by Gasteiger charge is -2.21. The monoisotopic (exact) mass is 351 g/mol. The van der Waals surface area contributed by atoms with E-state index in [1.165, 1.54) is 18.2 Å². The van der Waals surface area contributed by atoms with Gasteiger partial charge in [-0.25, -0.2) is 4.98 Å². The lowest BCUT2D eigenvalue weighted by atomic mass is 10.1. The Morgan fingerprint density at radius 2 is 1.96 bits per heavy atom. The van der Waals surface area contributed by atoms with Crippen molar-refractivity contribution < 1.29 is 17.9 Å². The Balaban J connectivity index is 1.74. The van der Waals surface area contributed by atoms with E-state index in [0.717, 1.165) is 30.9 Å². The van der Waals surface area contributed by atoms with Crippen LogP contribution >= 0.6 is 0 Å². The number of ether oxygens (including phenoxy) is 1. The van der Waals surface area contributed by atoms with E-state index >= 15 is 0 Å². The minimum absolute atomic E-state index is 0.234. The quantitative estimate of drug-likeness (QED) is 0.838. The maximum atomic E-state index is 12.3. The van der Waals surface area contributed by atoms with Crippen molar-refractivity contribution in [2.24, 2.45) is 0 Å². The summed E-state index contributed by atoms with van der Waals surface area (Å²) in [5.74, 6) is 0.651. The summed E-state index contributed by atoms with van der Waals surface area (Å²) in [6, 6.07) is 10.2. The summed E-state index contributed by atoms with van der Waals surface area (Å²) >= 11 is 0. The number of hydrogen-bond acceptors (Lipinski definition) is 4. The summed E-state index contributed by atoms with van der Waals surface area (Å²) in [6.45, 7) is 1.87. The Morgan fingerprint density at radius 1 is 1.16 bits per heavy atom. The van der Waals surface area contributed by atoms with Crippen molar-refractivity contribution in [3.8, 4) is 16.9 Å². The Hall–Kier alpha value is -2.28. The Labute approximate surface area is 144 Å². The first-order chi connectivity index (χ1) is 11.8. The van der Waals surface area contributed by atoms with Gasteiger partial charge in [-0.05, 0) is 50.3 Å². The molecule has 1 aromatic heterocycles. The van der Waals surface area contributed by atoms with E-state index in [0.29, 0.717) is 11.6 Å². The molecule has 1 unspecified atom stereocenters. The van der Waals surface area contributed by atoms with Gasteiger partial charge in [-0.1, -0.05) is 12.1 Å². The molecule has 25 heavy (non-hydrogen) atoms. The molecule has 0 aliphatic carbocycles. The van der Waals surface area contributed by atoms with E-state index in [4.69, 9.17) is 0 Å². The standard InChI is InChI=1S/C18H20F3N3O/c1-23(2)15-8-9-24(12-15)17-7-6-14(11-22-17)13-4-3-5-16(10-13)25-18(19,20)21/h3-7,10-11,15H,8-9,12H2,1-2H3. The number of hydrogen-bond donors (Lipinski definition) is 0. The molecule has 1 aromatic carbocycles. The molecule has 0 radical (unpaired) electrons. The Kier molecular flexibility index (Phi) is 4.85. The zero-order valence-electron chi connectivity index (χ0n) is 14.1. The van der Waals surface area contributed by atoms with Crippen LogP contribution in [-0.4, -0.2) is 49.5 Å². The highest BCUT2D eigenvalue weighted by Crippen LogP contribution is 2.29. The fourth-order valence-corrected chi connectivity index (χ4v) is 2.99. The van der Waals surface area contributed by atoms with Crippen molar-refractivity contribution >= 4 is 5.82 Å². The van der Waals surface area contributed by atoms with Crippen LogP contribution in [0.15, 0.2) is 42.6 Å². The van der Waals surface area contributed by atoms with Crippen molar-refractivity contribution in [3.05, 3.63) is 42.6 Å². The predicted octanol–water partition coefficient (Wildman–Crippen LogP) is 3.79. The van der Waals surface area contributed by atoms with Crippen molar-refractivity contribution in [3.63, 3.8) is 0 Å². The zero-order valence-corrected chi connectivity index (χ0v) is 14.1. The van der Waals surface area contributed by atoms with Gasteiger partial charge in [-0.3, -0.25) is 0 Å². The normalized spacial score (nSPS) is 18.0. The highest BCUT2D eigenvalue weighted by Gasteiger charge is 2.31. The summed E-state index contributed by atoms with van der Waals surface area (Å²) in [6.07, 6.45) is -1.92. The number of aromatic nitrogens is 1. The molecule has 0 amide bonds. The first-order valence-corrected chi connectivity index (χ1v) is 8.05. The molecule has 3 rings (SSSR count). The highest BCUT2D eigenvalue weighted by molar-refractivity contribution is 5.65. The number of benzene rings is 1. The van der Waals surface area contributed by atoms with Gasteiger partial charge in [0, 0.05) is 30.9 Å². The van der Waals surface area contributed by atoms with E-state index in [2.05, 4.69) is 33.6 Å². The van der Waals surface area contributed by atoms with Crippen LogP contribution in [-0.2, 0) is 0 Å². The molecule has 0 bridgehead atoms. The molecule has 1 fully saturated rings. The third-order valence-electron chi connectivity index (χ3n) is 4.37. The molecule has 1 atom stereocenters. The fraction of sp³-hybridized carbons (Fsp3) is 0.389. The van der Waals surface area contributed by atoms with Crippen LogP contribution in [0.2, 0.25) is 0 Å². The molecule has 0 N–H and O–H groups in total. The average molecular weight is 351 g/mol. The van der Waals surface area contributed by atoms with Crippen LogP contribution in [0.3, 0.4) is 0 Å². The molecular weight excluding hydrogens is 331 g/mol. The molecule has 7 heteroatoms. The minimum Gasteiger partial charge on any atom is -0.406 e. The molecule has 2 heterocycles. The van der Waals surface area contributed by atoms with Gasteiger partial charge in [0.25, 0.3) is 0 Å². The molecule has 0 spiro atoms. The largest absolute Gasteiger partial charge is 0.573 e. The average Bonchev–Trinajstić information content (AvgIpc) is 3.04. The van der Waals surface area contributed by atoms with Gasteiger partial charge in [-0.15, -0.1) is 13.2 Å². The van der Waals surface area contributed by atoms with Crippen molar-refractivity contribution in [1.29, 1.82) is 0 Å². The van der Waals surface area contributed by atoms with Crippen molar-refractivity contribution in [2.75, 3.05) is 32.1 Å². The van der Waals surface area contributed by atoms with Gasteiger partial charge in [0.1, 0.15) is 11.6 Å². The van der Waals surface area contributed by atoms with Crippen LogP contribution in [0.1, 0.15) is 6.42 Å². The summed E-state index contributed by atoms with van der Waals surface area (Å²) in [5.41, 5.74) is 1.38. The number of rotatable bonds is 4. The summed E-state index contributed by atoms with van der Waals surface area (Å²) in [4.78, 5) is 8.91. The maximum Gasteiger partial charge on any atom is 0.573 e. The Morgan fingerprint density at radius 3 is 2.56 bits per heavy atom. The van der Waals surface area contributed by atoms with Gasteiger partial charge in [-0.2, -0.15) is 0 Å². The minimum atomic E-state index is -4.69. The Bertz CT molecular complexity index is 716. The van der Waals surface area contributed by atoms with Gasteiger partial charge in [0.2, 0.25) is 0 Å². The highest BCUT2D eigenvalue weighted by atomic mass is 19.4. The first kappa shape index (κ1) is 17.5. The molecule has 2 aromatic rings. The van der Waals surface area contributed by atoms with Gasteiger partial charge in [0.05, 0.1) is 0 Å². The second kappa shape index (κ2) is 6.92. The number of likely N-dealkylation sites (N-methyl/N-ethyl adjacent to an activating group) is 1. The summed E-state index contributed by atoms with van der Waals surface area (Å²) < 4.78 is 41.0. The maximum absolute atomic E-state index is 12.3. The number of nitrogens with zero attached hydrogens (tertiary/aromatic N) is 3. The SMILES string of the molecule is CN(C)C1CCN(c2ccc(-c3cccc(OC(F)(F)F)c3)cn2)C1. The molecule has 4 nitrogen and oxygen atoms in total. The van der Waals surface area contributed by atoms with E-state index < -0.39 is 6.36 Å². The number of anilines is 1. The molecule has 1 aliphatic heterocycles. The smallest absolute Gasteiger partial charge is 0.406 e. The molecule has 134 valence electrons. The third-order valence-corrected chi connectivity index (χ3v) is 4.37. The van der Waals surface area contributed by atoms with Gasteiger partial charge >= 0.3 is 6.36 Å². The summed E-state index contributed by atoms with van der Waals surface area (Å²) in [7, 11) is 4.14. The lowest BCUT2D eigenvalue weighted by Crippen LogP contribution is -2.31. The van der Waals surface area contributed by atoms with Crippen LogP contribution in [0.4, 0.5) is 19.0 Å². The van der Waals surface area contributed by atoms with Crippen LogP contribution < -0.4 is 9.64 Å². The molecule has 1 saturated heterocycles. The number of alkyl halides is 3. The lowest BCUT2D eigenvalue weighted by molar-refractivity contribution is -0.274. The fourth-order valence-electron chi connectivity index (χ4n) is 2.99. The van der Waals surface area contributed by atoms with Crippen LogP contribution in [0.25, 0.3) is 11.1 Å². The van der Waals surface area contributed by atoms with Crippen LogP contribution in [0, 0.1) is 0 Å². The molecule has 1 aliphatic rings. The zero-order chi connectivity index (χ0) is 18.0. The van der Waals surface area contributed by atoms with Crippen LogP contribution in [0.5, 0.6) is 5.75 Å². The first-order valence-electron chi connectivity index (χ1n) is 8.05. The topological polar surface area (TPSA) is 28.6 Å². The number of pyridine rings is 1. The van der Waals surface area contributed by atoms with Crippen molar-refractivity contribution in [2.45, 2.75) is 18.8 Å².